The molecule has 1 N–H and O–H groups in total. The molecule has 7 nitrogen and oxygen atoms in total. The number of nitriles is 2. The molecule has 0 aliphatic rings. The van der Waals surface area contributed by atoms with Crippen LogP contribution in [-0.2, 0) is 0 Å². The molecule has 3 heterocycles. The number of nitrogens with one attached hydrogen (secondary N) is 1. The number of fused-ring (bicyclic) bond motifs is 1. The second-order valence-corrected chi connectivity index (χ2v) is 7.35. The van der Waals surface area contributed by atoms with Gasteiger partial charge in [-0.05, 0) is 57.5 Å². The first-order chi connectivity index (χ1) is 14.9. The predicted octanol–water partition coefficient (Wildman–Crippen LogP) is 5.12. The maximum absolute atomic E-state index is 9.82. The molecule has 31 heavy (non-hydrogen) atoms. The lowest BCUT2D eigenvalue weighted by atomic mass is 10.1. The van der Waals surface area contributed by atoms with E-state index in [1.807, 2.05) is 56.5 Å². The highest BCUT2D eigenvalue weighted by atomic mass is 16.5. The van der Waals surface area contributed by atoms with Crippen molar-refractivity contribution in [1.29, 1.82) is 10.5 Å². The van der Waals surface area contributed by atoms with Gasteiger partial charge in [0.2, 0.25) is 5.88 Å². The molecule has 4 rings (SSSR count). The van der Waals surface area contributed by atoms with Gasteiger partial charge >= 0.3 is 0 Å². The van der Waals surface area contributed by atoms with Gasteiger partial charge < -0.3 is 14.1 Å². The Hall–Kier alpha value is -4.23. The third kappa shape index (κ3) is 3.17. The number of allylic oxidation sites excluding steroid dienone is 1. The summed E-state index contributed by atoms with van der Waals surface area (Å²) >= 11 is 0. The van der Waals surface area contributed by atoms with Gasteiger partial charge in [-0.25, -0.2) is 4.98 Å². The average Bonchev–Trinajstić information content (AvgIpc) is 3.39. The van der Waals surface area contributed by atoms with E-state index in [1.54, 1.807) is 13.2 Å². The fourth-order valence-electron chi connectivity index (χ4n) is 3.75. The summed E-state index contributed by atoms with van der Waals surface area (Å²) in [5.41, 5.74) is 5.81. The minimum Gasteiger partial charge on any atom is -0.494 e. The first-order valence-corrected chi connectivity index (χ1v) is 9.73. The van der Waals surface area contributed by atoms with Crippen molar-refractivity contribution < 1.29 is 9.15 Å². The van der Waals surface area contributed by atoms with Crippen LogP contribution in [0.1, 0.15) is 39.7 Å². The lowest BCUT2D eigenvalue weighted by molar-refractivity contribution is 0.419. The van der Waals surface area contributed by atoms with E-state index in [2.05, 4.69) is 22.1 Å². The predicted molar refractivity (Wildman–Crippen MR) is 118 cm³/mol. The number of furan rings is 1. The number of ether oxygens (including phenoxy) is 1. The van der Waals surface area contributed by atoms with Crippen LogP contribution in [0.25, 0.3) is 28.6 Å². The Bertz CT molecular complexity index is 1430. The fourth-order valence-corrected chi connectivity index (χ4v) is 3.75. The van der Waals surface area contributed by atoms with Gasteiger partial charge in [0.15, 0.2) is 0 Å². The Morgan fingerprint density at radius 3 is 2.68 bits per heavy atom. The molecule has 0 bridgehead atoms. The van der Waals surface area contributed by atoms with Crippen LogP contribution < -0.4 is 4.74 Å². The quantitative estimate of drug-likeness (QED) is 0.469. The highest BCUT2D eigenvalue weighted by Crippen LogP contribution is 2.31. The molecule has 7 heteroatoms. The van der Waals surface area contributed by atoms with E-state index >= 15 is 0 Å². The third-order valence-electron chi connectivity index (χ3n) is 5.52. The minimum atomic E-state index is 0.394. The number of H-pyrrole nitrogens is 1. The SMILES string of the molecule is COc1cccc2[nH]c(C(C#N)=Cc3cc(C)n(-c4oc(C)c(C)c4C#N)c3C)nc12. The first kappa shape index (κ1) is 20.1. The Morgan fingerprint density at radius 1 is 1.23 bits per heavy atom. The number of hydrogen-bond donors (Lipinski definition) is 1. The van der Waals surface area contributed by atoms with Crippen molar-refractivity contribution in [2.24, 2.45) is 0 Å². The van der Waals surface area contributed by atoms with Crippen molar-refractivity contribution in [3.63, 3.8) is 0 Å². The summed E-state index contributed by atoms with van der Waals surface area (Å²) in [5, 5.41) is 19.4. The second kappa shape index (κ2) is 7.55. The van der Waals surface area contributed by atoms with Gasteiger partial charge in [-0.3, -0.25) is 4.57 Å². The summed E-state index contributed by atoms with van der Waals surface area (Å²) in [6, 6.07) is 12.0. The van der Waals surface area contributed by atoms with Crippen LogP contribution in [0.2, 0.25) is 0 Å². The van der Waals surface area contributed by atoms with Crippen LogP contribution in [0.15, 0.2) is 28.7 Å². The number of methoxy groups -OCH3 is 1. The van der Waals surface area contributed by atoms with E-state index in [9.17, 15) is 10.5 Å². The zero-order valence-corrected chi connectivity index (χ0v) is 18.0. The summed E-state index contributed by atoms with van der Waals surface area (Å²) in [7, 11) is 1.59. The molecule has 0 aliphatic heterocycles. The van der Waals surface area contributed by atoms with Crippen LogP contribution in [0.3, 0.4) is 0 Å². The smallest absolute Gasteiger partial charge is 0.222 e. The summed E-state index contributed by atoms with van der Waals surface area (Å²) in [4.78, 5) is 7.76. The zero-order chi connectivity index (χ0) is 22.3. The maximum atomic E-state index is 9.82. The molecule has 0 atom stereocenters. The van der Waals surface area contributed by atoms with Crippen LogP contribution in [0.5, 0.6) is 5.75 Å². The molecule has 0 saturated heterocycles. The molecule has 3 aromatic heterocycles. The second-order valence-electron chi connectivity index (χ2n) is 7.35. The van der Waals surface area contributed by atoms with Gasteiger partial charge in [0, 0.05) is 17.0 Å². The normalized spacial score (nSPS) is 11.5. The molecule has 0 saturated carbocycles. The highest BCUT2D eigenvalue weighted by Gasteiger charge is 2.21. The minimum absolute atomic E-state index is 0.394. The van der Waals surface area contributed by atoms with Gasteiger partial charge in [0.25, 0.3) is 0 Å². The van der Waals surface area contributed by atoms with Gasteiger partial charge in [0.05, 0.1) is 18.2 Å². The van der Waals surface area contributed by atoms with Crippen LogP contribution in [0, 0.1) is 50.4 Å². The lowest BCUT2D eigenvalue weighted by Crippen LogP contribution is -2.00. The molecule has 0 fully saturated rings. The van der Waals surface area contributed by atoms with Crippen molar-refractivity contribution in [2.75, 3.05) is 7.11 Å². The molecule has 0 amide bonds. The molecule has 1 aromatic carbocycles. The molecule has 0 unspecified atom stereocenters. The largest absolute Gasteiger partial charge is 0.494 e. The molecule has 0 aliphatic carbocycles. The van der Waals surface area contributed by atoms with Crippen LogP contribution in [0.4, 0.5) is 0 Å². The Labute approximate surface area is 179 Å². The van der Waals surface area contributed by atoms with Gasteiger partial charge in [-0.15, -0.1) is 0 Å². The Morgan fingerprint density at radius 2 is 2.00 bits per heavy atom. The molecule has 0 radical (unpaired) electrons. The Kier molecular flexibility index (Phi) is 4.88. The topological polar surface area (TPSA) is 104 Å². The van der Waals surface area contributed by atoms with Crippen molar-refractivity contribution in [1.82, 2.24) is 14.5 Å². The highest BCUT2D eigenvalue weighted by molar-refractivity contribution is 5.92. The molecular weight excluding hydrogens is 390 g/mol. The number of rotatable bonds is 4. The van der Waals surface area contributed by atoms with Crippen molar-refractivity contribution in [3.8, 4) is 23.8 Å². The fraction of sp³-hybridized carbons (Fsp3) is 0.208. The molecule has 4 aromatic rings. The van der Waals surface area contributed by atoms with Gasteiger partial charge in [-0.2, -0.15) is 10.5 Å². The third-order valence-corrected chi connectivity index (χ3v) is 5.52. The number of benzene rings is 1. The maximum Gasteiger partial charge on any atom is 0.222 e. The zero-order valence-electron chi connectivity index (χ0n) is 18.0. The van der Waals surface area contributed by atoms with Crippen LogP contribution in [-0.4, -0.2) is 21.6 Å². The molecular formula is C24H21N5O2. The number of para-hydroxylation sites is 1. The number of nitrogens with zero attached hydrogens (tertiary/aromatic N) is 4. The number of imidazole rings is 1. The molecule has 154 valence electrons. The lowest BCUT2D eigenvalue weighted by Gasteiger charge is -2.06. The van der Waals surface area contributed by atoms with E-state index in [-0.39, 0.29) is 0 Å². The van der Waals surface area contributed by atoms with E-state index in [4.69, 9.17) is 9.15 Å². The monoisotopic (exact) mass is 411 g/mol. The first-order valence-electron chi connectivity index (χ1n) is 9.73. The van der Waals surface area contributed by atoms with E-state index in [0.717, 1.165) is 28.0 Å². The number of aromatic nitrogens is 3. The van der Waals surface area contributed by atoms with E-state index in [1.165, 1.54) is 0 Å². The summed E-state index contributed by atoms with van der Waals surface area (Å²) in [6.45, 7) is 7.60. The van der Waals surface area contributed by atoms with Crippen molar-refractivity contribution >= 4 is 22.7 Å². The van der Waals surface area contributed by atoms with Gasteiger partial charge in [-0.1, -0.05) is 6.07 Å². The standard InChI is InChI=1S/C24H21N5O2/c1-13-9-17(15(3)29(13)24-19(12-26)14(2)16(4)31-24)10-18(11-25)23-27-20-7-6-8-21(30-5)22(20)28-23/h6-10H,1-5H3,(H,27,28). The van der Waals surface area contributed by atoms with Crippen molar-refractivity contribution in [2.45, 2.75) is 27.7 Å². The van der Waals surface area contributed by atoms with E-state index in [0.29, 0.717) is 39.9 Å². The number of aromatic amines is 1. The van der Waals surface area contributed by atoms with Crippen LogP contribution >= 0.6 is 0 Å². The summed E-state index contributed by atoms with van der Waals surface area (Å²) in [6.07, 6.45) is 1.79. The van der Waals surface area contributed by atoms with Crippen molar-refractivity contribution in [3.05, 3.63) is 63.9 Å². The molecule has 0 spiro atoms. The van der Waals surface area contributed by atoms with E-state index < -0.39 is 0 Å². The average molecular weight is 411 g/mol. The Balaban J connectivity index is 1.84. The van der Waals surface area contributed by atoms with Gasteiger partial charge in [0.1, 0.15) is 40.6 Å². The number of aryl methyl sites for hydroxylation is 2. The summed E-state index contributed by atoms with van der Waals surface area (Å²) in [5.74, 6) is 2.32. The summed E-state index contributed by atoms with van der Waals surface area (Å²) < 4.78 is 13.2. The number of hydrogen-bond acceptors (Lipinski definition) is 5.